The van der Waals surface area contributed by atoms with Gasteiger partial charge in [0.05, 0.1) is 25.0 Å². The van der Waals surface area contributed by atoms with Crippen molar-refractivity contribution < 1.29 is 13.2 Å². The quantitative estimate of drug-likeness (QED) is 0.561. The summed E-state index contributed by atoms with van der Waals surface area (Å²) in [6.45, 7) is 7.00. The third-order valence-corrected chi connectivity index (χ3v) is 6.65. The summed E-state index contributed by atoms with van der Waals surface area (Å²) >= 11 is 1.70. The molecule has 1 N–H and O–H groups in total. The molecule has 1 aromatic heterocycles. The number of hydrogen-bond acceptors (Lipinski definition) is 5. The van der Waals surface area contributed by atoms with Crippen molar-refractivity contribution in [3.63, 3.8) is 0 Å². The lowest BCUT2D eigenvalue weighted by Gasteiger charge is -2.35. The summed E-state index contributed by atoms with van der Waals surface area (Å²) in [5.74, 6) is 0.852. The van der Waals surface area contributed by atoms with Gasteiger partial charge in [-0.25, -0.2) is 8.42 Å². The zero-order valence-electron chi connectivity index (χ0n) is 15.1. The molecule has 1 aromatic rings. The Hall–Kier alpha value is -1.16. The van der Waals surface area contributed by atoms with Gasteiger partial charge >= 0.3 is 0 Å². The van der Waals surface area contributed by atoms with Crippen LogP contribution in [0.1, 0.15) is 18.7 Å². The van der Waals surface area contributed by atoms with E-state index in [2.05, 4.69) is 21.3 Å². The maximum absolute atomic E-state index is 12.4. The summed E-state index contributed by atoms with van der Waals surface area (Å²) in [6.07, 6.45) is 0.0461. The predicted octanol–water partition coefficient (Wildman–Crippen LogP) is 1.20. The molecule has 2 rings (SSSR count). The number of thiophene rings is 1. The monoisotopic (exact) mass is 388 g/mol. The molecule has 25 heavy (non-hydrogen) atoms. The molecule has 0 atom stereocenters. The highest BCUT2D eigenvalue weighted by Crippen LogP contribution is 2.11. The van der Waals surface area contributed by atoms with Crippen LogP contribution < -0.4 is 5.32 Å². The highest BCUT2D eigenvalue weighted by molar-refractivity contribution is 7.89. The molecule has 0 spiro atoms. The smallest absolute Gasteiger partial charge is 0.216 e. The third kappa shape index (κ3) is 6.25. The Bertz CT molecular complexity index is 636. The maximum atomic E-state index is 12.4. The van der Waals surface area contributed by atoms with Gasteiger partial charge in [-0.3, -0.25) is 4.99 Å². The van der Waals surface area contributed by atoms with E-state index >= 15 is 0 Å². The third-order valence-electron chi connectivity index (χ3n) is 3.94. The summed E-state index contributed by atoms with van der Waals surface area (Å²) in [5, 5.41) is 5.39. The first-order valence-corrected chi connectivity index (χ1v) is 11.0. The minimum Gasteiger partial charge on any atom is -0.378 e. The van der Waals surface area contributed by atoms with Crippen LogP contribution in [0.2, 0.25) is 0 Å². The van der Waals surface area contributed by atoms with E-state index in [1.54, 1.807) is 22.7 Å². The molecule has 7 nitrogen and oxygen atoms in total. The molecule has 9 heteroatoms. The van der Waals surface area contributed by atoms with Crippen molar-refractivity contribution in [3.05, 3.63) is 22.4 Å². The minimum absolute atomic E-state index is 0.0382. The fourth-order valence-corrected chi connectivity index (χ4v) is 4.54. The average molecular weight is 389 g/mol. The Morgan fingerprint density at radius 1 is 1.36 bits per heavy atom. The van der Waals surface area contributed by atoms with Crippen LogP contribution in [0.4, 0.5) is 0 Å². The van der Waals surface area contributed by atoms with E-state index in [0.29, 0.717) is 26.2 Å². The SMILES string of the molecule is CN=C(NCc1cccs1)N1CCN(S(=O)(=O)CCOC(C)C)CC1. The summed E-state index contributed by atoms with van der Waals surface area (Å²) in [7, 11) is -1.51. The first-order chi connectivity index (χ1) is 11.9. The van der Waals surface area contributed by atoms with Gasteiger partial charge < -0.3 is 15.0 Å². The largest absolute Gasteiger partial charge is 0.378 e. The van der Waals surface area contributed by atoms with Crippen LogP contribution in [0, 0.1) is 0 Å². The van der Waals surface area contributed by atoms with Gasteiger partial charge in [0, 0.05) is 38.1 Å². The molecule has 0 saturated carbocycles. The van der Waals surface area contributed by atoms with Gasteiger partial charge in [-0.2, -0.15) is 4.31 Å². The van der Waals surface area contributed by atoms with Crippen LogP contribution >= 0.6 is 11.3 Å². The molecular formula is C16H28N4O3S2. The van der Waals surface area contributed by atoms with Gasteiger partial charge in [-0.15, -0.1) is 11.3 Å². The standard InChI is InChI=1S/C16H28N4O3S2/c1-14(2)23-10-12-25(21,22)20-8-6-19(7-9-20)16(17-3)18-13-15-5-4-11-24-15/h4-5,11,14H,6-10,12-13H2,1-3H3,(H,17,18). The molecule has 1 aliphatic heterocycles. The van der Waals surface area contributed by atoms with Gasteiger partial charge in [-0.05, 0) is 25.3 Å². The van der Waals surface area contributed by atoms with Crippen molar-refractivity contribution in [2.24, 2.45) is 4.99 Å². The molecule has 0 bridgehead atoms. The van der Waals surface area contributed by atoms with Crippen molar-refractivity contribution in [3.8, 4) is 0 Å². The fourth-order valence-electron chi connectivity index (χ4n) is 2.61. The number of nitrogens with zero attached hydrogens (tertiary/aromatic N) is 3. The number of nitrogens with one attached hydrogen (secondary N) is 1. The zero-order chi connectivity index (χ0) is 18.3. The highest BCUT2D eigenvalue weighted by atomic mass is 32.2. The van der Waals surface area contributed by atoms with Crippen LogP contribution in [-0.2, 0) is 21.3 Å². The summed E-state index contributed by atoms with van der Waals surface area (Å²) < 4.78 is 31.7. The van der Waals surface area contributed by atoms with Crippen molar-refractivity contribution in [2.75, 3.05) is 45.6 Å². The molecule has 1 saturated heterocycles. The Morgan fingerprint density at radius 2 is 2.08 bits per heavy atom. The average Bonchev–Trinajstić information content (AvgIpc) is 3.09. The van der Waals surface area contributed by atoms with E-state index in [4.69, 9.17) is 4.74 Å². The van der Waals surface area contributed by atoms with Crippen molar-refractivity contribution in [1.82, 2.24) is 14.5 Å². The lowest BCUT2D eigenvalue weighted by molar-refractivity contribution is 0.0904. The van der Waals surface area contributed by atoms with Gasteiger partial charge in [0.25, 0.3) is 0 Å². The number of hydrogen-bond donors (Lipinski definition) is 1. The van der Waals surface area contributed by atoms with Crippen LogP contribution in [-0.4, -0.2) is 75.3 Å². The van der Waals surface area contributed by atoms with E-state index in [0.717, 1.165) is 12.5 Å². The maximum Gasteiger partial charge on any atom is 0.216 e. The molecule has 0 radical (unpaired) electrons. The van der Waals surface area contributed by atoms with Crippen molar-refractivity contribution in [2.45, 2.75) is 26.5 Å². The number of aliphatic imine (C=N–C) groups is 1. The molecule has 0 amide bonds. The van der Waals surface area contributed by atoms with E-state index in [-0.39, 0.29) is 18.5 Å². The number of ether oxygens (including phenoxy) is 1. The Balaban J connectivity index is 1.81. The van der Waals surface area contributed by atoms with Gasteiger partial charge in [0.2, 0.25) is 10.0 Å². The molecule has 1 fully saturated rings. The Labute approximate surface area is 154 Å². The van der Waals surface area contributed by atoms with Crippen molar-refractivity contribution >= 4 is 27.3 Å². The Morgan fingerprint density at radius 3 is 2.64 bits per heavy atom. The number of piperazine rings is 1. The topological polar surface area (TPSA) is 74.2 Å². The van der Waals surface area contributed by atoms with Crippen LogP contribution in [0.25, 0.3) is 0 Å². The second-order valence-electron chi connectivity index (χ2n) is 6.10. The molecule has 0 unspecified atom stereocenters. The van der Waals surface area contributed by atoms with Crippen molar-refractivity contribution in [1.29, 1.82) is 0 Å². The van der Waals surface area contributed by atoms with E-state index in [9.17, 15) is 8.42 Å². The van der Waals surface area contributed by atoms with Gasteiger partial charge in [0.1, 0.15) is 0 Å². The summed E-state index contributed by atoms with van der Waals surface area (Å²) in [6, 6.07) is 4.10. The molecular weight excluding hydrogens is 360 g/mol. The van der Waals surface area contributed by atoms with E-state index < -0.39 is 10.0 Å². The minimum atomic E-state index is -3.26. The number of rotatable bonds is 7. The van der Waals surface area contributed by atoms with E-state index in [1.165, 1.54) is 4.88 Å². The molecule has 142 valence electrons. The first-order valence-electron chi connectivity index (χ1n) is 8.50. The lowest BCUT2D eigenvalue weighted by atomic mass is 10.4. The normalized spacial score (nSPS) is 17.3. The number of sulfonamides is 1. The Kier molecular flexibility index (Phi) is 7.67. The molecule has 2 heterocycles. The first kappa shape index (κ1) is 20.2. The predicted molar refractivity (Wildman–Crippen MR) is 103 cm³/mol. The summed E-state index contributed by atoms with van der Waals surface area (Å²) in [5.41, 5.74) is 0. The van der Waals surface area contributed by atoms with E-state index in [1.807, 2.05) is 25.3 Å². The van der Waals surface area contributed by atoms with Gasteiger partial charge in [-0.1, -0.05) is 6.07 Å². The second kappa shape index (κ2) is 9.51. The van der Waals surface area contributed by atoms with Crippen LogP contribution in [0.3, 0.4) is 0 Å². The second-order valence-corrected chi connectivity index (χ2v) is 9.22. The molecule has 1 aliphatic rings. The molecule has 0 aliphatic carbocycles. The highest BCUT2D eigenvalue weighted by Gasteiger charge is 2.27. The molecule has 0 aromatic carbocycles. The van der Waals surface area contributed by atoms with Gasteiger partial charge in [0.15, 0.2) is 5.96 Å². The van der Waals surface area contributed by atoms with Crippen LogP contribution in [0.5, 0.6) is 0 Å². The lowest BCUT2D eigenvalue weighted by Crippen LogP contribution is -2.54. The van der Waals surface area contributed by atoms with Crippen LogP contribution in [0.15, 0.2) is 22.5 Å². The number of guanidine groups is 1. The fraction of sp³-hybridized carbons (Fsp3) is 0.688. The summed E-state index contributed by atoms with van der Waals surface area (Å²) in [4.78, 5) is 7.66. The zero-order valence-corrected chi connectivity index (χ0v) is 16.8.